The second-order valence-corrected chi connectivity index (χ2v) is 7.78. The Kier molecular flexibility index (Phi) is 6.96. The third-order valence-corrected chi connectivity index (χ3v) is 5.50. The zero-order valence-electron chi connectivity index (χ0n) is 16.4. The third-order valence-electron chi connectivity index (χ3n) is 4.17. The van der Waals surface area contributed by atoms with Gasteiger partial charge >= 0.3 is 0 Å². The number of halogens is 1. The van der Waals surface area contributed by atoms with Crippen LogP contribution in [0.15, 0.2) is 47.6 Å². The van der Waals surface area contributed by atoms with E-state index in [2.05, 4.69) is 15.5 Å². The van der Waals surface area contributed by atoms with Crippen LogP contribution in [0.1, 0.15) is 21.7 Å². The van der Waals surface area contributed by atoms with Crippen LogP contribution in [0.5, 0.6) is 5.75 Å². The number of thioether (sulfide) groups is 1. The number of nitrogens with zero attached hydrogens (tertiary/aromatic N) is 3. The van der Waals surface area contributed by atoms with E-state index in [1.165, 1.54) is 11.8 Å². The van der Waals surface area contributed by atoms with Gasteiger partial charge in [0.05, 0.1) is 22.0 Å². The summed E-state index contributed by atoms with van der Waals surface area (Å²) in [6.07, 6.45) is 0. The van der Waals surface area contributed by atoms with Gasteiger partial charge in [0.2, 0.25) is 5.91 Å². The lowest BCUT2D eigenvalue weighted by Crippen LogP contribution is -2.19. The summed E-state index contributed by atoms with van der Waals surface area (Å²) in [4.78, 5) is 23.7. The molecule has 0 bridgehead atoms. The number of hydrogen-bond acceptors (Lipinski definition) is 6. The Morgan fingerprint density at radius 1 is 1.23 bits per heavy atom. The van der Waals surface area contributed by atoms with Crippen molar-refractivity contribution in [3.63, 3.8) is 0 Å². The lowest BCUT2D eigenvalue weighted by atomic mass is 10.1. The van der Waals surface area contributed by atoms with Gasteiger partial charge in [0.15, 0.2) is 11.0 Å². The molecule has 8 nitrogen and oxygen atoms in total. The molecule has 0 fully saturated rings. The molecule has 0 radical (unpaired) electrons. The number of anilines is 1. The fraction of sp³-hybridized carbons (Fsp3) is 0.200. The Hall–Kier alpha value is -3.04. The molecule has 2 amide bonds. The van der Waals surface area contributed by atoms with E-state index in [1.807, 2.05) is 19.1 Å². The van der Waals surface area contributed by atoms with Crippen LogP contribution >= 0.6 is 23.4 Å². The van der Waals surface area contributed by atoms with E-state index in [-0.39, 0.29) is 23.8 Å². The fourth-order valence-electron chi connectivity index (χ4n) is 2.58. The zero-order chi connectivity index (χ0) is 21.7. The molecule has 0 unspecified atom stereocenters. The largest absolute Gasteiger partial charge is 0.484 e. The SMILES string of the molecule is Cc1ccc(Cl)c(OCc2nnc(SCC(=O)Nc3ccccc3C(N)=O)n2C)c1. The molecule has 0 aliphatic carbocycles. The molecule has 0 saturated carbocycles. The van der Waals surface area contributed by atoms with Crippen LogP contribution in [-0.4, -0.2) is 32.3 Å². The first-order valence-corrected chi connectivity index (χ1v) is 10.3. The summed E-state index contributed by atoms with van der Waals surface area (Å²) in [7, 11) is 1.79. The maximum atomic E-state index is 12.3. The molecule has 3 rings (SSSR count). The number of amides is 2. The van der Waals surface area contributed by atoms with Gasteiger partial charge in [-0.1, -0.05) is 41.6 Å². The van der Waals surface area contributed by atoms with Gasteiger partial charge in [0.25, 0.3) is 5.91 Å². The van der Waals surface area contributed by atoms with Gasteiger partial charge in [0, 0.05) is 7.05 Å². The highest BCUT2D eigenvalue weighted by Gasteiger charge is 2.14. The minimum atomic E-state index is -0.606. The highest BCUT2D eigenvalue weighted by Crippen LogP contribution is 2.26. The molecule has 0 aliphatic rings. The standard InChI is InChI=1S/C20H20ClN5O3S/c1-12-7-8-14(21)16(9-12)29-10-17-24-25-20(26(17)2)30-11-18(27)23-15-6-4-3-5-13(15)19(22)28/h3-9H,10-11H2,1-2H3,(H2,22,28)(H,23,27). The van der Waals surface area contributed by atoms with E-state index in [4.69, 9.17) is 22.1 Å². The predicted molar refractivity (Wildman–Crippen MR) is 116 cm³/mol. The average Bonchev–Trinajstić information content (AvgIpc) is 3.07. The molecule has 156 valence electrons. The summed E-state index contributed by atoms with van der Waals surface area (Å²) in [5, 5.41) is 12.0. The van der Waals surface area contributed by atoms with Gasteiger partial charge in [-0.15, -0.1) is 10.2 Å². The first-order valence-electron chi connectivity index (χ1n) is 8.94. The molecular formula is C20H20ClN5O3S. The summed E-state index contributed by atoms with van der Waals surface area (Å²) in [5.74, 6) is 0.353. The topological polar surface area (TPSA) is 112 Å². The monoisotopic (exact) mass is 445 g/mol. The van der Waals surface area contributed by atoms with Gasteiger partial charge < -0.3 is 20.4 Å². The van der Waals surface area contributed by atoms with Crippen LogP contribution in [0.4, 0.5) is 5.69 Å². The predicted octanol–water partition coefficient (Wildman–Crippen LogP) is 3.19. The lowest BCUT2D eigenvalue weighted by Gasteiger charge is -2.09. The Morgan fingerprint density at radius 2 is 2.00 bits per heavy atom. The molecule has 30 heavy (non-hydrogen) atoms. The van der Waals surface area contributed by atoms with Crippen molar-refractivity contribution in [2.75, 3.05) is 11.1 Å². The van der Waals surface area contributed by atoms with Crippen LogP contribution in [0.3, 0.4) is 0 Å². The van der Waals surface area contributed by atoms with Crippen LogP contribution in [0.25, 0.3) is 0 Å². The highest BCUT2D eigenvalue weighted by molar-refractivity contribution is 7.99. The summed E-state index contributed by atoms with van der Waals surface area (Å²) < 4.78 is 7.50. The molecule has 0 atom stereocenters. The number of nitrogens with two attached hydrogens (primary N) is 1. The second kappa shape index (κ2) is 9.64. The van der Waals surface area contributed by atoms with E-state index in [0.717, 1.165) is 5.56 Å². The van der Waals surface area contributed by atoms with Crippen molar-refractivity contribution < 1.29 is 14.3 Å². The van der Waals surface area contributed by atoms with Crippen molar-refractivity contribution in [3.8, 4) is 5.75 Å². The Morgan fingerprint density at radius 3 is 2.77 bits per heavy atom. The van der Waals surface area contributed by atoms with Crippen LogP contribution in [0.2, 0.25) is 5.02 Å². The number of rotatable bonds is 8. The fourth-order valence-corrected chi connectivity index (χ4v) is 3.49. The van der Waals surface area contributed by atoms with Gasteiger partial charge in [-0.2, -0.15) is 0 Å². The lowest BCUT2D eigenvalue weighted by molar-refractivity contribution is -0.113. The first kappa shape index (κ1) is 21.7. The quantitative estimate of drug-likeness (QED) is 0.515. The van der Waals surface area contributed by atoms with Crippen LogP contribution < -0.4 is 15.8 Å². The average molecular weight is 446 g/mol. The van der Waals surface area contributed by atoms with Gasteiger partial charge in [0.1, 0.15) is 12.4 Å². The van der Waals surface area contributed by atoms with Crippen molar-refractivity contribution in [1.29, 1.82) is 0 Å². The van der Waals surface area contributed by atoms with Gasteiger partial charge in [-0.25, -0.2) is 0 Å². The molecule has 0 saturated heterocycles. The summed E-state index contributed by atoms with van der Waals surface area (Å²) in [6.45, 7) is 2.14. The van der Waals surface area contributed by atoms with E-state index >= 15 is 0 Å². The number of ether oxygens (including phenoxy) is 1. The van der Waals surface area contributed by atoms with Gasteiger partial charge in [-0.3, -0.25) is 9.59 Å². The molecule has 3 aromatic rings. The normalized spacial score (nSPS) is 10.6. The first-order chi connectivity index (χ1) is 14.3. The maximum absolute atomic E-state index is 12.3. The Labute approximate surface area is 182 Å². The molecule has 1 heterocycles. The molecule has 0 spiro atoms. The summed E-state index contributed by atoms with van der Waals surface area (Å²) in [6, 6.07) is 12.1. The number of benzene rings is 2. The number of hydrogen-bond donors (Lipinski definition) is 2. The third kappa shape index (κ3) is 5.31. The van der Waals surface area contributed by atoms with Crippen molar-refractivity contribution in [3.05, 3.63) is 64.4 Å². The van der Waals surface area contributed by atoms with Crippen molar-refractivity contribution >= 4 is 40.9 Å². The molecule has 10 heteroatoms. The van der Waals surface area contributed by atoms with E-state index in [9.17, 15) is 9.59 Å². The number of aromatic nitrogens is 3. The number of aryl methyl sites for hydroxylation is 1. The summed E-state index contributed by atoms with van der Waals surface area (Å²) in [5.41, 5.74) is 6.99. The number of nitrogens with one attached hydrogen (secondary N) is 1. The maximum Gasteiger partial charge on any atom is 0.250 e. The zero-order valence-corrected chi connectivity index (χ0v) is 18.0. The number of carbonyl (C=O) groups is 2. The van der Waals surface area contributed by atoms with E-state index < -0.39 is 5.91 Å². The second-order valence-electron chi connectivity index (χ2n) is 6.43. The number of para-hydroxylation sites is 1. The molecule has 3 N–H and O–H groups in total. The molecule has 1 aromatic heterocycles. The number of carbonyl (C=O) groups excluding carboxylic acids is 2. The van der Waals surface area contributed by atoms with Crippen molar-refractivity contribution in [1.82, 2.24) is 14.8 Å². The molecule has 2 aromatic carbocycles. The molecule has 0 aliphatic heterocycles. The van der Waals surface area contributed by atoms with E-state index in [1.54, 1.807) is 41.9 Å². The summed E-state index contributed by atoms with van der Waals surface area (Å²) >= 11 is 7.36. The van der Waals surface area contributed by atoms with Crippen LogP contribution in [0, 0.1) is 6.92 Å². The van der Waals surface area contributed by atoms with Crippen molar-refractivity contribution in [2.24, 2.45) is 12.8 Å². The Balaban J connectivity index is 1.58. The van der Waals surface area contributed by atoms with Gasteiger partial charge in [-0.05, 0) is 36.8 Å². The molecular weight excluding hydrogens is 426 g/mol. The van der Waals surface area contributed by atoms with E-state index in [0.29, 0.717) is 27.4 Å². The minimum Gasteiger partial charge on any atom is -0.484 e. The van der Waals surface area contributed by atoms with Crippen LogP contribution in [-0.2, 0) is 18.4 Å². The minimum absolute atomic E-state index is 0.0869. The van der Waals surface area contributed by atoms with Crippen molar-refractivity contribution in [2.45, 2.75) is 18.7 Å². The number of primary amides is 1. The smallest absolute Gasteiger partial charge is 0.250 e. The highest BCUT2D eigenvalue weighted by atomic mass is 35.5. The Bertz CT molecular complexity index is 1090.